The fourth-order valence-electron chi connectivity index (χ4n) is 3.26. The van der Waals surface area contributed by atoms with Crippen LogP contribution in [-0.2, 0) is 5.41 Å². The van der Waals surface area contributed by atoms with Gasteiger partial charge in [0, 0.05) is 4.88 Å². The Kier molecular flexibility index (Phi) is 5.01. The molecule has 1 aliphatic rings. The van der Waals surface area contributed by atoms with E-state index in [-0.39, 0.29) is 5.41 Å². The van der Waals surface area contributed by atoms with Crippen molar-refractivity contribution in [3.8, 4) is 6.07 Å². The summed E-state index contributed by atoms with van der Waals surface area (Å²) in [5, 5.41) is 12.1. The highest BCUT2D eigenvalue weighted by molar-refractivity contribution is 7.10. The van der Waals surface area contributed by atoms with Gasteiger partial charge in [0.25, 0.3) is 0 Å². The smallest absolute Gasteiger partial charge is 0.0954 e. The Labute approximate surface area is 121 Å². The van der Waals surface area contributed by atoms with Crippen molar-refractivity contribution in [3.63, 3.8) is 0 Å². The maximum atomic E-state index is 9.95. The molecule has 0 amide bonds. The Morgan fingerprint density at radius 2 is 2.11 bits per heavy atom. The fourth-order valence-corrected chi connectivity index (χ4v) is 4.24. The quantitative estimate of drug-likeness (QED) is 0.811. The lowest BCUT2D eigenvalue weighted by Crippen LogP contribution is -2.37. The molecular formula is C16H24N2S. The molecule has 2 nitrogen and oxygen atoms in total. The van der Waals surface area contributed by atoms with E-state index < -0.39 is 0 Å². The molecule has 1 saturated carbocycles. The number of hydrogen-bond acceptors (Lipinski definition) is 3. The normalized spacial score (nSPS) is 20.1. The van der Waals surface area contributed by atoms with Gasteiger partial charge in [-0.25, -0.2) is 0 Å². The minimum absolute atomic E-state index is 0.251. The summed E-state index contributed by atoms with van der Waals surface area (Å²) in [7, 11) is 4.19. The second kappa shape index (κ2) is 6.54. The number of thiophene rings is 1. The van der Waals surface area contributed by atoms with Crippen molar-refractivity contribution in [2.45, 2.75) is 43.9 Å². The lowest BCUT2D eigenvalue weighted by atomic mass is 9.67. The Morgan fingerprint density at radius 1 is 1.37 bits per heavy atom. The average molecular weight is 276 g/mol. The Hall–Kier alpha value is -0.850. The van der Waals surface area contributed by atoms with Gasteiger partial charge in [-0.2, -0.15) is 5.26 Å². The minimum Gasteiger partial charge on any atom is -0.309 e. The third-order valence-corrected chi connectivity index (χ3v) is 5.46. The zero-order valence-corrected chi connectivity index (χ0v) is 12.9. The van der Waals surface area contributed by atoms with Crippen LogP contribution in [0.25, 0.3) is 0 Å². The first kappa shape index (κ1) is 14.6. The summed E-state index contributed by atoms with van der Waals surface area (Å²) in [6.07, 6.45) is 7.33. The summed E-state index contributed by atoms with van der Waals surface area (Å²) in [5.41, 5.74) is -0.251. The molecule has 19 heavy (non-hydrogen) atoms. The first-order chi connectivity index (χ1) is 9.19. The van der Waals surface area contributed by atoms with Crippen LogP contribution in [0.5, 0.6) is 0 Å². The Bertz CT molecular complexity index is 412. The average Bonchev–Trinajstić information content (AvgIpc) is 2.96. The third-order valence-electron chi connectivity index (χ3n) is 4.42. The molecular weight excluding hydrogens is 252 g/mol. The van der Waals surface area contributed by atoms with Gasteiger partial charge in [0.05, 0.1) is 11.5 Å². The molecule has 104 valence electrons. The zero-order valence-electron chi connectivity index (χ0n) is 12.1. The first-order valence-electron chi connectivity index (χ1n) is 7.29. The van der Waals surface area contributed by atoms with Crippen molar-refractivity contribution >= 4 is 11.3 Å². The van der Waals surface area contributed by atoms with Gasteiger partial charge in [-0.1, -0.05) is 25.3 Å². The predicted octanol–water partition coefficient (Wildman–Crippen LogP) is 4.04. The number of nitrogens with zero attached hydrogens (tertiary/aromatic N) is 2. The standard InChI is InChI=1S/C16H24N2S/c1-18(2)11-10-16(13-17,15-9-6-12-19-15)14-7-4-3-5-8-14/h6,9,12,14H,3-5,7-8,10-11H2,1-2H3/t16-/m1/s1. The number of nitriles is 1. The molecule has 0 aromatic carbocycles. The van der Waals surface area contributed by atoms with Gasteiger partial charge in [0.15, 0.2) is 0 Å². The molecule has 1 aliphatic carbocycles. The number of hydrogen-bond donors (Lipinski definition) is 0. The van der Waals surface area contributed by atoms with E-state index in [9.17, 15) is 5.26 Å². The van der Waals surface area contributed by atoms with Gasteiger partial charge in [-0.05, 0) is 57.3 Å². The molecule has 0 radical (unpaired) electrons. The predicted molar refractivity (Wildman–Crippen MR) is 81.4 cm³/mol. The highest BCUT2D eigenvalue weighted by atomic mass is 32.1. The van der Waals surface area contributed by atoms with Crippen molar-refractivity contribution in [3.05, 3.63) is 22.4 Å². The summed E-state index contributed by atoms with van der Waals surface area (Å²) < 4.78 is 0. The summed E-state index contributed by atoms with van der Waals surface area (Å²) in [6.45, 7) is 0.988. The second-order valence-electron chi connectivity index (χ2n) is 5.95. The van der Waals surface area contributed by atoms with Gasteiger partial charge >= 0.3 is 0 Å². The van der Waals surface area contributed by atoms with E-state index in [2.05, 4.69) is 42.6 Å². The van der Waals surface area contributed by atoms with E-state index in [0.29, 0.717) is 5.92 Å². The molecule has 0 saturated heterocycles. The SMILES string of the molecule is CN(C)CC[C@](C#N)(c1cccs1)C1CCCCC1. The highest BCUT2D eigenvalue weighted by Gasteiger charge is 2.41. The van der Waals surface area contributed by atoms with Crippen molar-refractivity contribution in [2.24, 2.45) is 5.92 Å². The molecule has 0 unspecified atom stereocenters. The third kappa shape index (κ3) is 3.19. The van der Waals surface area contributed by atoms with Crippen LogP contribution in [0.1, 0.15) is 43.4 Å². The maximum Gasteiger partial charge on any atom is 0.0954 e. The Morgan fingerprint density at radius 3 is 2.63 bits per heavy atom. The molecule has 1 aromatic heterocycles. The van der Waals surface area contributed by atoms with E-state index in [1.807, 2.05) is 0 Å². The molecule has 1 atom stereocenters. The molecule has 0 spiro atoms. The van der Waals surface area contributed by atoms with Crippen LogP contribution in [0.2, 0.25) is 0 Å². The van der Waals surface area contributed by atoms with Gasteiger partial charge in [0.2, 0.25) is 0 Å². The lowest BCUT2D eigenvalue weighted by molar-refractivity contribution is 0.223. The molecule has 0 aliphatic heterocycles. The van der Waals surface area contributed by atoms with Crippen molar-refractivity contribution < 1.29 is 0 Å². The van der Waals surface area contributed by atoms with E-state index in [0.717, 1.165) is 13.0 Å². The lowest BCUT2D eigenvalue weighted by Gasteiger charge is -2.37. The molecule has 0 bridgehead atoms. The van der Waals surface area contributed by atoms with Crippen molar-refractivity contribution in [1.82, 2.24) is 4.90 Å². The maximum absolute atomic E-state index is 9.95. The van der Waals surface area contributed by atoms with Crippen LogP contribution < -0.4 is 0 Å². The Balaban J connectivity index is 2.27. The van der Waals surface area contributed by atoms with Gasteiger partial charge in [-0.15, -0.1) is 11.3 Å². The van der Waals surface area contributed by atoms with E-state index in [4.69, 9.17) is 0 Å². The van der Waals surface area contributed by atoms with E-state index in [1.54, 1.807) is 11.3 Å². The van der Waals surface area contributed by atoms with Gasteiger partial charge < -0.3 is 4.90 Å². The summed E-state index contributed by atoms with van der Waals surface area (Å²) >= 11 is 1.76. The van der Waals surface area contributed by atoms with Crippen LogP contribution >= 0.6 is 11.3 Å². The van der Waals surface area contributed by atoms with Crippen molar-refractivity contribution in [2.75, 3.05) is 20.6 Å². The largest absolute Gasteiger partial charge is 0.309 e. The first-order valence-corrected chi connectivity index (χ1v) is 8.17. The monoisotopic (exact) mass is 276 g/mol. The second-order valence-corrected chi connectivity index (χ2v) is 6.90. The fraction of sp³-hybridized carbons (Fsp3) is 0.688. The van der Waals surface area contributed by atoms with Gasteiger partial charge in [0.1, 0.15) is 0 Å². The minimum atomic E-state index is -0.251. The topological polar surface area (TPSA) is 27.0 Å². The molecule has 0 N–H and O–H groups in total. The van der Waals surface area contributed by atoms with E-state index in [1.165, 1.54) is 37.0 Å². The molecule has 1 aromatic rings. The summed E-state index contributed by atoms with van der Waals surface area (Å²) in [4.78, 5) is 3.48. The van der Waals surface area contributed by atoms with Crippen LogP contribution in [0, 0.1) is 17.2 Å². The van der Waals surface area contributed by atoms with Crippen molar-refractivity contribution in [1.29, 1.82) is 5.26 Å². The molecule has 1 fully saturated rings. The summed E-state index contributed by atoms with van der Waals surface area (Å²) in [5.74, 6) is 0.546. The molecule has 1 heterocycles. The number of rotatable bonds is 5. The van der Waals surface area contributed by atoms with Crippen LogP contribution in [-0.4, -0.2) is 25.5 Å². The van der Waals surface area contributed by atoms with E-state index >= 15 is 0 Å². The zero-order chi connectivity index (χ0) is 13.7. The van der Waals surface area contributed by atoms with Crippen LogP contribution in [0.4, 0.5) is 0 Å². The molecule has 3 heteroatoms. The molecule has 2 rings (SSSR count). The highest BCUT2D eigenvalue weighted by Crippen LogP contribution is 2.44. The summed E-state index contributed by atoms with van der Waals surface area (Å²) in [6, 6.07) is 6.98. The van der Waals surface area contributed by atoms with Crippen LogP contribution in [0.3, 0.4) is 0 Å². The van der Waals surface area contributed by atoms with Crippen LogP contribution in [0.15, 0.2) is 17.5 Å². The van der Waals surface area contributed by atoms with Gasteiger partial charge in [-0.3, -0.25) is 0 Å².